The third kappa shape index (κ3) is 2.81. The van der Waals surface area contributed by atoms with Gasteiger partial charge < -0.3 is 5.32 Å². The summed E-state index contributed by atoms with van der Waals surface area (Å²) in [5.41, 5.74) is 1.16. The van der Waals surface area contributed by atoms with Gasteiger partial charge in [0.1, 0.15) is 17.3 Å². The topological polar surface area (TPSA) is 70.2 Å². The van der Waals surface area contributed by atoms with Crippen LogP contribution in [0.15, 0.2) is 30.0 Å². The fraction of sp³-hybridized carbons (Fsp3) is 0.214. The molecule has 0 atom stereocenters. The van der Waals surface area contributed by atoms with Crippen molar-refractivity contribution in [2.75, 3.05) is 0 Å². The summed E-state index contributed by atoms with van der Waals surface area (Å²) in [5.74, 6) is -0.426. The highest BCUT2D eigenvalue weighted by Gasteiger charge is 2.14. The highest BCUT2D eigenvalue weighted by molar-refractivity contribution is 6.31. The number of nitrogens with one attached hydrogen (secondary N) is 1. The Balaban J connectivity index is 2.48. The van der Waals surface area contributed by atoms with Gasteiger partial charge in [0.05, 0.1) is 5.69 Å². The standard InChI is InChI=1S/C14H13ClN4O/c1-9(2)17-14(20)10(8-16)7-11-13(15)18-12-5-3-4-6-19(11)12/h3-7,9H,1-2H3,(H,17,20). The molecular weight excluding hydrogens is 276 g/mol. The van der Waals surface area contributed by atoms with E-state index in [1.54, 1.807) is 16.7 Å². The van der Waals surface area contributed by atoms with E-state index in [1.807, 2.05) is 32.0 Å². The monoisotopic (exact) mass is 288 g/mol. The SMILES string of the molecule is CC(C)NC(=O)C(C#N)=Cc1c(Cl)nc2ccccn12. The Morgan fingerprint density at radius 2 is 2.30 bits per heavy atom. The molecule has 0 radical (unpaired) electrons. The quantitative estimate of drug-likeness (QED) is 0.696. The zero-order valence-corrected chi connectivity index (χ0v) is 11.8. The zero-order valence-electron chi connectivity index (χ0n) is 11.1. The number of carbonyl (C=O) groups excluding carboxylic acids is 1. The van der Waals surface area contributed by atoms with Crippen molar-refractivity contribution >= 4 is 29.2 Å². The predicted molar refractivity (Wildman–Crippen MR) is 77.1 cm³/mol. The molecule has 20 heavy (non-hydrogen) atoms. The van der Waals surface area contributed by atoms with Gasteiger partial charge in [-0.1, -0.05) is 17.7 Å². The summed E-state index contributed by atoms with van der Waals surface area (Å²) in [5, 5.41) is 12.0. The maximum atomic E-state index is 11.9. The molecule has 102 valence electrons. The highest BCUT2D eigenvalue weighted by Crippen LogP contribution is 2.20. The van der Waals surface area contributed by atoms with Gasteiger partial charge in [-0.3, -0.25) is 9.20 Å². The molecule has 1 amide bonds. The molecule has 2 heterocycles. The second-order valence-corrected chi connectivity index (χ2v) is 4.87. The molecule has 2 aromatic heterocycles. The predicted octanol–water partition coefficient (Wildman–Crippen LogP) is 2.42. The second-order valence-electron chi connectivity index (χ2n) is 4.51. The number of fused-ring (bicyclic) bond motifs is 1. The average Bonchev–Trinajstić information content (AvgIpc) is 2.70. The molecule has 1 N–H and O–H groups in total. The number of nitriles is 1. The minimum absolute atomic E-state index is 0.00810. The van der Waals surface area contributed by atoms with Crippen LogP contribution in [0.5, 0.6) is 0 Å². The average molecular weight is 289 g/mol. The van der Waals surface area contributed by atoms with Crippen LogP contribution >= 0.6 is 11.6 Å². The third-order valence-electron chi connectivity index (χ3n) is 2.59. The van der Waals surface area contributed by atoms with E-state index in [0.29, 0.717) is 11.3 Å². The van der Waals surface area contributed by atoms with E-state index in [4.69, 9.17) is 16.9 Å². The second kappa shape index (κ2) is 5.76. The van der Waals surface area contributed by atoms with Gasteiger partial charge in [-0.25, -0.2) is 4.98 Å². The van der Waals surface area contributed by atoms with Crippen LogP contribution in [0.2, 0.25) is 5.15 Å². The molecule has 6 heteroatoms. The molecule has 0 aliphatic rings. The van der Waals surface area contributed by atoms with Crippen molar-refractivity contribution in [3.63, 3.8) is 0 Å². The van der Waals surface area contributed by atoms with Gasteiger partial charge in [0, 0.05) is 12.2 Å². The molecule has 0 saturated carbocycles. The lowest BCUT2D eigenvalue weighted by Crippen LogP contribution is -2.30. The summed E-state index contributed by atoms with van der Waals surface area (Å²) in [6.45, 7) is 3.65. The lowest BCUT2D eigenvalue weighted by molar-refractivity contribution is -0.117. The Hall–Kier alpha value is -2.32. The van der Waals surface area contributed by atoms with E-state index < -0.39 is 5.91 Å². The molecule has 2 rings (SSSR count). The maximum Gasteiger partial charge on any atom is 0.262 e. The van der Waals surface area contributed by atoms with Crippen LogP contribution in [-0.2, 0) is 4.79 Å². The number of rotatable bonds is 3. The molecule has 2 aromatic rings. The van der Waals surface area contributed by atoms with Crippen LogP contribution in [0.25, 0.3) is 11.7 Å². The molecule has 0 unspecified atom stereocenters. The van der Waals surface area contributed by atoms with Crippen LogP contribution in [0, 0.1) is 11.3 Å². The number of aromatic nitrogens is 2. The number of amides is 1. The number of nitrogens with zero attached hydrogens (tertiary/aromatic N) is 3. The zero-order chi connectivity index (χ0) is 14.7. The Labute approximate surface area is 121 Å². The van der Waals surface area contributed by atoms with Crippen molar-refractivity contribution in [1.29, 1.82) is 5.26 Å². The first kappa shape index (κ1) is 14.1. The summed E-state index contributed by atoms with van der Waals surface area (Å²) < 4.78 is 1.72. The van der Waals surface area contributed by atoms with Crippen LogP contribution < -0.4 is 5.32 Å². The lowest BCUT2D eigenvalue weighted by atomic mass is 10.2. The number of imidazole rings is 1. The van der Waals surface area contributed by atoms with E-state index in [1.165, 1.54) is 6.08 Å². The minimum Gasteiger partial charge on any atom is -0.349 e. The smallest absolute Gasteiger partial charge is 0.262 e. The highest BCUT2D eigenvalue weighted by atomic mass is 35.5. The molecule has 0 spiro atoms. The summed E-state index contributed by atoms with van der Waals surface area (Å²) in [6.07, 6.45) is 3.22. The maximum absolute atomic E-state index is 11.9. The summed E-state index contributed by atoms with van der Waals surface area (Å²) in [4.78, 5) is 16.0. The van der Waals surface area contributed by atoms with Gasteiger partial charge in [0.2, 0.25) is 0 Å². The first-order valence-corrected chi connectivity index (χ1v) is 6.46. The molecule has 5 nitrogen and oxygen atoms in total. The first-order valence-electron chi connectivity index (χ1n) is 6.08. The van der Waals surface area contributed by atoms with Crippen molar-refractivity contribution in [2.45, 2.75) is 19.9 Å². The third-order valence-corrected chi connectivity index (χ3v) is 2.87. The van der Waals surface area contributed by atoms with Crippen molar-refractivity contribution in [1.82, 2.24) is 14.7 Å². The van der Waals surface area contributed by atoms with Gasteiger partial charge in [0.25, 0.3) is 5.91 Å². The van der Waals surface area contributed by atoms with Crippen LogP contribution in [0.1, 0.15) is 19.5 Å². The van der Waals surface area contributed by atoms with E-state index in [-0.39, 0.29) is 16.8 Å². The van der Waals surface area contributed by atoms with E-state index in [0.717, 1.165) is 0 Å². The number of halogens is 1. The Morgan fingerprint density at radius 3 is 2.95 bits per heavy atom. The Bertz CT molecular complexity index is 724. The molecule has 0 aliphatic carbocycles. The van der Waals surface area contributed by atoms with Crippen LogP contribution in [0.4, 0.5) is 0 Å². The largest absolute Gasteiger partial charge is 0.349 e. The van der Waals surface area contributed by atoms with Crippen molar-refractivity contribution in [2.24, 2.45) is 0 Å². The van der Waals surface area contributed by atoms with Crippen molar-refractivity contribution in [3.8, 4) is 6.07 Å². The van der Waals surface area contributed by atoms with Crippen molar-refractivity contribution < 1.29 is 4.79 Å². The fourth-order valence-corrected chi connectivity index (χ4v) is 1.97. The molecule has 0 saturated heterocycles. The summed E-state index contributed by atoms with van der Waals surface area (Å²) in [6, 6.07) is 7.30. The Morgan fingerprint density at radius 1 is 1.55 bits per heavy atom. The first-order chi connectivity index (χ1) is 9.52. The minimum atomic E-state index is -0.426. The molecular formula is C14H13ClN4O. The summed E-state index contributed by atoms with van der Waals surface area (Å²) in [7, 11) is 0. The van der Waals surface area contributed by atoms with Crippen LogP contribution in [-0.4, -0.2) is 21.3 Å². The number of pyridine rings is 1. The fourth-order valence-electron chi connectivity index (χ4n) is 1.74. The van der Waals surface area contributed by atoms with Gasteiger partial charge in [-0.15, -0.1) is 0 Å². The van der Waals surface area contributed by atoms with E-state index in [2.05, 4.69) is 10.3 Å². The lowest BCUT2D eigenvalue weighted by Gasteiger charge is -2.06. The molecule has 0 fully saturated rings. The molecule has 0 aromatic carbocycles. The number of hydrogen-bond acceptors (Lipinski definition) is 3. The molecule has 0 aliphatic heterocycles. The van der Waals surface area contributed by atoms with E-state index in [9.17, 15) is 4.79 Å². The van der Waals surface area contributed by atoms with Gasteiger partial charge >= 0.3 is 0 Å². The normalized spacial score (nSPS) is 11.7. The van der Waals surface area contributed by atoms with Crippen molar-refractivity contribution in [3.05, 3.63) is 40.8 Å². The van der Waals surface area contributed by atoms with Gasteiger partial charge in [-0.05, 0) is 32.1 Å². The van der Waals surface area contributed by atoms with E-state index >= 15 is 0 Å². The van der Waals surface area contributed by atoms with Gasteiger partial charge in [-0.2, -0.15) is 5.26 Å². The van der Waals surface area contributed by atoms with Crippen LogP contribution in [0.3, 0.4) is 0 Å². The Kier molecular flexibility index (Phi) is 4.06. The number of carbonyl (C=O) groups is 1. The van der Waals surface area contributed by atoms with Gasteiger partial charge in [0.15, 0.2) is 5.15 Å². The summed E-state index contributed by atoms with van der Waals surface area (Å²) >= 11 is 6.06. The molecule has 0 bridgehead atoms. The number of hydrogen-bond donors (Lipinski definition) is 1.